The minimum absolute atomic E-state index is 0.0788. The van der Waals surface area contributed by atoms with Crippen molar-refractivity contribution in [3.8, 4) is 5.69 Å². The average Bonchev–Trinajstić information content (AvgIpc) is 3.01. The molecule has 2 N–H and O–H groups in total. The molecule has 1 atom stereocenters. The Balaban J connectivity index is 1.58. The molecule has 3 rings (SSSR count). The van der Waals surface area contributed by atoms with Gasteiger partial charge in [0.2, 0.25) is 11.8 Å². The fraction of sp³-hybridized carbons (Fsp3) is 0.353. The Hall–Kier alpha value is -2.63. The van der Waals surface area contributed by atoms with Crippen LogP contribution in [0, 0.1) is 0 Å². The lowest BCUT2D eigenvalue weighted by Gasteiger charge is -2.15. The second-order valence-electron chi connectivity index (χ2n) is 5.70. The molecule has 1 aliphatic rings. The molecule has 2 amide bonds. The van der Waals surface area contributed by atoms with Crippen molar-refractivity contribution >= 4 is 11.8 Å². The topological polar surface area (TPSA) is 76.0 Å². The van der Waals surface area contributed by atoms with Crippen LogP contribution in [0.2, 0.25) is 0 Å². The Kier molecular flexibility index (Phi) is 4.71. The van der Waals surface area contributed by atoms with E-state index in [0.717, 1.165) is 24.1 Å². The summed E-state index contributed by atoms with van der Waals surface area (Å²) in [4.78, 5) is 24.0. The summed E-state index contributed by atoms with van der Waals surface area (Å²) in [5.41, 5.74) is 1.86. The first-order chi connectivity index (χ1) is 11.2. The number of benzene rings is 1. The molecule has 23 heavy (non-hydrogen) atoms. The van der Waals surface area contributed by atoms with E-state index in [4.69, 9.17) is 0 Å². The van der Waals surface area contributed by atoms with Crippen LogP contribution in [-0.4, -0.2) is 34.2 Å². The summed E-state index contributed by atoms with van der Waals surface area (Å²) in [6.07, 6.45) is 6.47. The highest BCUT2D eigenvalue weighted by molar-refractivity contribution is 5.88. The molecule has 1 aromatic heterocycles. The second-order valence-corrected chi connectivity index (χ2v) is 5.70. The van der Waals surface area contributed by atoms with Crippen molar-refractivity contribution in [2.75, 3.05) is 6.54 Å². The van der Waals surface area contributed by atoms with E-state index in [2.05, 4.69) is 15.7 Å². The third-order valence-electron chi connectivity index (χ3n) is 3.94. The van der Waals surface area contributed by atoms with Crippen molar-refractivity contribution in [3.63, 3.8) is 0 Å². The van der Waals surface area contributed by atoms with Crippen LogP contribution < -0.4 is 10.6 Å². The van der Waals surface area contributed by atoms with Gasteiger partial charge in [0.25, 0.3) is 0 Å². The maximum atomic E-state index is 12.1. The van der Waals surface area contributed by atoms with Crippen molar-refractivity contribution in [1.82, 2.24) is 20.4 Å². The predicted molar refractivity (Wildman–Crippen MR) is 86.1 cm³/mol. The zero-order valence-electron chi connectivity index (χ0n) is 12.9. The molecule has 120 valence electrons. The van der Waals surface area contributed by atoms with E-state index in [-0.39, 0.29) is 18.2 Å². The van der Waals surface area contributed by atoms with E-state index in [1.165, 1.54) is 0 Å². The van der Waals surface area contributed by atoms with E-state index in [0.29, 0.717) is 13.0 Å². The van der Waals surface area contributed by atoms with Gasteiger partial charge in [-0.05, 0) is 43.0 Å². The molecule has 2 aromatic rings. The maximum Gasteiger partial charge on any atom is 0.242 e. The van der Waals surface area contributed by atoms with Crippen molar-refractivity contribution in [3.05, 3.63) is 48.3 Å². The quantitative estimate of drug-likeness (QED) is 0.890. The van der Waals surface area contributed by atoms with Crippen molar-refractivity contribution in [2.24, 2.45) is 0 Å². The number of nitrogens with one attached hydrogen (secondary N) is 2. The van der Waals surface area contributed by atoms with E-state index >= 15 is 0 Å². The van der Waals surface area contributed by atoms with Gasteiger partial charge in [0.05, 0.1) is 12.1 Å². The SMILES string of the molecule is O=C(Cc1ccc(-n2cccn2)cc1)NC1CCCCNC1=O. The monoisotopic (exact) mass is 312 g/mol. The van der Waals surface area contributed by atoms with Gasteiger partial charge in [0.15, 0.2) is 0 Å². The Labute approximate surface area is 134 Å². The molecule has 0 radical (unpaired) electrons. The lowest BCUT2D eigenvalue weighted by atomic mass is 10.1. The Morgan fingerprint density at radius 2 is 2.13 bits per heavy atom. The molecular formula is C17H20N4O2. The van der Waals surface area contributed by atoms with Crippen LogP contribution in [0.25, 0.3) is 5.69 Å². The molecule has 1 unspecified atom stereocenters. The molecular weight excluding hydrogens is 292 g/mol. The first-order valence-electron chi connectivity index (χ1n) is 7.88. The number of nitrogens with zero attached hydrogens (tertiary/aromatic N) is 2. The minimum atomic E-state index is -0.409. The van der Waals surface area contributed by atoms with Crippen LogP contribution in [0.15, 0.2) is 42.7 Å². The number of rotatable bonds is 4. The highest BCUT2D eigenvalue weighted by Crippen LogP contribution is 2.10. The minimum Gasteiger partial charge on any atom is -0.354 e. The van der Waals surface area contributed by atoms with Gasteiger partial charge in [-0.2, -0.15) is 5.10 Å². The zero-order valence-corrected chi connectivity index (χ0v) is 12.9. The Morgan fingerprint density at radius 1 is 1.30 bits per heavy atom. The van der Waals surface area contributed by atoms with Crippen molar-refractivity contribution in [1.29, 1.82) is 0 Å². The van der Waals surface area contributed by atoms with Gasteiger partial charge in [0.1, 0.15) is 6.04 Å². The van der Waals surface area contributed by atoms with E-state index in [1.54, 1.807) is 10.9 Å². The number of amides is 2. The number of carbonyl (C=O) groups excluding carboxylic acids is 2. The first-order valence-corrected chi connectivity index (χ1v) is 7.88. The van der Waals surface area contributed by atoms with Gasteiger partial charge in [-0.3, -0.25) is 9.59 Å². The van der Waals surface area contributed by atoms with Crippen LogP contribution >= 0.6 is 0 Å². The van der Waals surface area contributed by atoms with Crippen LogP contribution in [0.3, 0.4) is 0 Å². The van der Waals surface area contributed by atoms with Crippen LogP contribution in [0.4, 0.5) is 0 Å². The standard InChI is InChI=1S/C17H20N4O2/c22-16(20-15-4-1-2-9-18-17(15)23)12-13-5-7-14(8-6-13)21-11-3-10-19-21/h3,5-8,10-11,15H,1-2,4,9,12H2,(H,18,23)(H,20,22). The van der Waals surface area contributed by atoms with Crippen molar-refractivity contribution in [2.45, 2.75) is 31.7 Å². The zero-order chi connectivity index (χ0) is 16.1. The smallest absolute Gasteiger partial charge is 0.242 e. The predicted octanol–water partition coefficient (Wildman–Crippen LogP) is 1.20. The van der Waals surface area contributed by atoms with Gasteiger partial charge >= 0.3 is 0 Å². The van der Waals surface area contributed by atoms with Gasteiger partial charge in [-0.15, -0.1) is 0 Å². The lowest BCUT2D eigenvalue weighted by molar-refractivity contribution is -0.128. The molecule has 1 fully saturated rings. The molecule has 1 aliphatic heterocycles. The molecule has 6 heteroatoms. The van der Waals surface area contributed by atoms with Crippen LogP contribution in [-0.2, 0) is 16.0 Å². The Bertz CT molecular complexity index is 664. The molecule has 2 heterocycles. The molecule has 0 spiro atoms. The van der Waals surface area contributed by atoms with E-state index in [1.807, 2.05) is 36.5 Å². The Morgan fingerprint density at radius 3 is 2.87 bits per heavy atom. The molecule has 0 bridgehead atoms. The van der Waals surface area contributed by atoms with E-state index < -0.39 is 6.04 Å². The molecule has 1 saturated heterocycles. The van der Waals surface area contributed by atoms with Crippen molar-refractivity contribution < 1.29 is 9.59 Å². The van der Waals surface area contributed by atoms with Gasteiger partial charge < -0.3 is 10.6 Å². The first kappa shape index (κ1) is 15.3. The molecule has 1 aromatic carbocycles. The molecule has 0 saturated carbocycles. The summed E-state index contributed by atoms with van der Waals surface area (Å²) in [6.45, 7) is 0.695. The normalized spacial score (nSPS) is 18.1. The summed E-state index contributed by atoms with van der Waals surface area (Å²) in [5.74, 6) is -0.205. The average molecular weight is 312 g/mol. The third-order valence-corrected chi connectivity index (χ3v) is 3.94. The van der Waals surface area contributed by atoms with Crippen LogP contribution in [0.1, 0.15) is 24.8 Å². The second kappa shape index (κ2) is 7.09. The molecule has 6 nitrogen and oxygen atoms in total. The highest BCUT2D eigenvalue weighted by atomic mass is 16.2. The summed E-state index contributed by atoms with van der Waals surface area (Å²) in [5, 5.41) is 9.82. The number of carbonyl (C=O) groups is 2. The largest absolute Gasteiger partial charge is 0.354 e. The molecule has 0 aliphatic carbocycles. The summed E-state index contributed by atoms with van der Waals surface area (Å²) in [7, 11) is 0. The summed E-state index contributed by atoms with van der Waals surface area (Å²) in [6, 6.07) is 9.11. The number of hydrogen-bond donors (Lipinski definition) is 2. The lowest BCUT2D eigenvalue weighted by Crippen LogP contribution is -2.45. The fourth-order valence-electron chi connectivity index (χ4n) is 2.70. The number of aromatic nitrogens is 2. The summed E-state index contributed by atoms with van der Waals surface area (Å²) >= 11 is 0. The maximum absolute atomic E-state index is 12.1. The van der Waals surface area contributed by atoms with Crippen LogP contribution in [0.5, 0.6) is 0 Å². The number of hydrogen-bond acceptors (Lipinski definition) is 3. The summed E-state index contributed by atoms with van der Waals surface area (Å²) < 4.78 is 1.76. The van der Waals surface area contributed by atoms with Gasteiger partial charge in [0, 0.05) is 18.9 Å². The third kappa shape index (κ3) is 3.97. The van der Waals surface area contributed by atoms with Gasteiger partial charge in [-0.1, -0.05) is 12.1 Å². The van der Waals surface area contributed by atoms with E-state index in [9.17, 15) is 9.59 Å². The fourth-order valence-corrected chi connectivity index (χ4v) is 2.70. The highest BCUT2D eigenvalue weighted by Gasteiger charge is 2.22. The van der Waals surface area contributed by atoms with Gasteiger partial charge in [-0.25, -0.2) is 4.68 Å².